The van der Waals surface area contributed by atoms with Crippen LogP contribution in [0.4, 0.5) is 0 Å². The van der Waals surface area contributed by atoms with Gasteiger partial charge in [-0.15, -0.1) is 0 Å². The molecule has 0 amide bonds. The highest BCUT2D eigenvalue weighted by Gasteiger charge is 2.06. The lowest BCUT2D eigenvalue weighted by molar-refractivity contribution is 0.128. The van der Waals surface area contributed by atoms with Crippen LogP contribution in [0.5, 0.6) is 0 Å². The highest BCUT2D eigenvalue weighted by molar-refractivity contribution is 4.59. The Balaban J connectivity index is 3.44. The second-order valence-corrected chi connectivity index (χ2v) is 4.14. The van der Waals surface area contributed by atoms with Gasteiger partial charge in [-0.1, -0.05) is 52.4 Å². The lowest BCUT2D eigenvalue weighted by Crippen LogP contribution is -2.05. The van der Waals surface area contributed by atoms with Crippen LogP contribution < -0.4 is 0 Å². The standard InChI is InChI=1S/C13H28O/c1-4-7-8-10-13(9-5-2)11-12-14-6-3/h13H,4-12H2,1-3H3. The number of hydrogen-bond donors (Lipinski definition) is 0. The van der Waals surface area contributed by atoms with Gasteiger partial charge >= 0.3 is 0 Å². The quantitative estimate of drug-likeness (QED) is 0.475. The number of hydrogen-bond acceptors (Lipinski definition) is 1. The van der Waals surface area contributed by atoms with Crippen LogP contribution in [0.25, 0.3) is 0 Å². The van der Waals surface area contributed by atoms with Crippen LogP contribution in [0.15, 0.2) is 0 Å². The number of ether oxygens (including phenoxy) is 1. The smallest absolute Gasteiger partial charge is 0.0468 e. The van der Waals surface area contributed by atoms with E-state index in [1.807, 2.05) is 0 Å². The molecule has 0 bridgehead atoms. The van der Waals surface area contributed by atoms with Gasteiger partial charge in [0.15, 0.2) is 0 Å². The maximum Gasteiger partial charge on any atom is 0.0468 e. The third-order valence-corrected chi connectivity index (χ3v) is 2.79. The van der Waals surface area contributed by atoms with Crippen molar-refractivity contribution in [1.82, 2.24) is 0 Å². The van der Waals surface area contributed by atoms with Crippen LogP contribution in [0.2, 0.25) is 0 Å². The van der Waals surface area contributed by atoms with E-state index in [0.717, 1.165) is 19.1 Å². The zero-order valence-corrected chi connectivity index (χ0v) is 10.3. The van der Waals surface area contributed by atoms with Crippen molar-refractivity contribution in [3.05, 3.63) is 0 Å². The third kappa shape index (κ3) is 8.55. The summed E-state index contributed by atoms with van der Waals surface area (Å²) in [6.45, 7) is 8.47. The lowest BCUT2D eigenvalue weighted by atomic mass is 9.94. The Morgan fingerprint density at radius 2 is 1.64 bits per heavy atom. The maximum absolute atomic E-state index is 5.42. The zero-order valence-electron chi connectivity index (χ0n) is 10.3. The maximum atomic E-state index is 5.42. The molecule has 0 aromatic heterocycles. The van der Waals surface area contributed by atoms with Crippen molar-refractivity contribution in [2.45, 2.75) is 65.7 Å². The van der Waals surface area contributed by atoms with Gasteiger partial charge in [-0.3, -0.25) is 0 Å². The minimum absolute atomic E-state index is 0.869. The minimum atomic E-state index is 0.869. The second kappa shape index (κ2) is 11.0. The van der Waals surface area contributed by atoms with Gasteiger partial charge in [0.1, 0.15) is 0 Å². The van der Waals surface area contributed by atoms with Gasteiger partial charge in [0.05, 0.1) is 0 Å². The fourth-order valence-electron chi connectivity index (χ4n) is 1.92. The normalized spacial score (nSPS) is 13.1. The van der Waals surface area contributed by atoms with E-state index in [2.05, 4.69) is 20.8 Å². The van der Waals surface area contributed by atoms with E-state index in [1.54, 1.807) is 0 Å². The number of unbranched alkanes of at least 4 members (excludes halogenated alkanes) is 2. The molecule has 0 aromatic carbocycles. The van der Waals surface area contributed by atoms with Crippen LogP contribution in [0.1, 0.15) is 65.7 Å². The van der Waals surface area contributed by atoms with Crippen LogP contribution in [-0.2, 0) is 4.74 Å². The summed E-state index contributed by atoms with van der Waals surface area (Å²) >= 11 is 0. The SMILES string of the molecule is CCCCCC(CCC)CCOCC. The molecule has 0 aliphatic heterocycles. The van der Waals surface area contributed by atoms with Gasteiger partial charge in [0.25, 0.3) is 0 Å². The predicted molar refractivity (Wildman–Crippen MR) is 63.7 cm³/mol. The monoisotopic (exact) mass is 200 g/mol. The molecule has 0 saturated carbocycles. The fourth-order valence-corrected chi connectivity index (χ4v) is 1.92. The molecule has 0 aromatic rings. The first-order valence-corrected chi connectivity index (χ1v) is 6.42. The van der Waals surface area contributed by atoms with E-state index in [1.165, 1.54) is 44.9 Å². The lowest BCUT2D eigenvalue weighted by Gasteiger charge is -2.15. The van der Waals surface area contributed by atoms with Gasteiger partial charge in [-0.25, -0.2) is 0 Å². The third-order valence-electron chi connectivity index (χ3n) is 2.79. The molecule has 1 atom stereocenters. The van der Waals surface area contributed by atoms with Crippen molar-refractivity contribution in [3.8, 4) is 0 Å². The molecule has 0 spiro atoms. The molecule has 1 heteroatoms. The molecule has 0 N–H and O–H groups in total. The molecule has 0 fully saturated rings. The predicted octanol–water partition coefficient (Wildman–Crippen LogP) is 4.41. The summed E-state index contributed by atoms with van der Waals surface area (Å²) in [4.78, 5) is 0. The van der Waals surface area contributed by atoms with E-state index < -0.39 is 0 Å². The fraction of sp³-hybridized carbons (Fsp3) is 1.00. The Morgan fingerprint density at radius 1 is 0.857 bits per heavy atom. The second-order valence-electron chi connectivity index (χ2n) is 4.14. The summed E-state index contributed by atoms with van der Waals surface area (Å²) in [5.74, 6) is 0.915. The Labute approximate surface area is 90.2 Å². The topological polar surface area (TPSA) is 9.23 Å². The van der Waals surface area contributed by atoms with Crippen molar-refractivity contribution in [2.24, 2.45) is 5.92 Å². The summed E-state index contributed by atoms with van der Waals surface area (Å²) in [6.07, 6.45) is 9.53. The summed E-state index contributed by atoms with van der Waals surface area (Å²) in [5, 5.41) is 0. The van der Waals surface area contributed by atoms with Crippen LogP contribution >= 0.6 is 0 Å². The molecule has 1 unspecified atom stereocenters. The van der Waals surface area contributed by atoms with Crippen LogP contribution in [0.3, 0.4) is 0 Å². The van der Waals surface area contributed by atoms with Crippen molar-refractivity contribution in [1.29, 1.82) is 0 Å². The van der Waals surface area contributed by atoms with Crippen molar-refractivity contribution >= 4 is 0 Å². The van der Waals surface area contributed by atoms with E-state index in [9.17, 15) is 0 Å². The summed E-state index contributed by atoms with van der Waals surface area (Å²) < 4.78 is 5.42. The Hall–Kier alpha value is -0.0400. The average molecular weight is 200 g/mol. The summed E-state index contributed by atoms with van der Waals surface area (Å²) in [7, 11) is 0. The average Bonchev–Trinajstić information content (AvgIpc) is 2.18. The molecule has 0 aliphatic carbocycles. The molecular formula is C13H28O. The van der Waals surface area contributed by atoms with E-state index in [4.69, 9.17) is 4.74 Å². The van der Waals surface area contributed by atoms with E-state index in [-0.39, 0.29) is 0 Å². The highest BCUT2D eigenvalue weighted by atomic mass is 16.5. The van der Waals surface area contributed by atoms with Gasteiger partial charge < -0.3 is 4.74 Å². The Bertz CT molecular complexity index is 91.4. The van der Waals surface area contributed by atoms with Gasteiger partial charge in [0.2, 0.25) is 0 Å². The van der Waals surface area contributed by atoms with E-state index >= 15 is 0 Å². The van der Waals surface area contributed by atoms with Gasteiger partial charge in [-0.2, -0.15) is 0 Å². The molecule has 1 nitrogen and oxygen atoms in total. The minimum Gasteiger partial charge on any atom is -0.382 e. The van der Waals surface area contributed by atoms with Crippen LogP contribution in [-0.4, -0.2) is 13.2 Å². The molecule has 0 saturated heterocycles. The molecule has 0 aliphatic rings. The van der Waals surface area contributed by atoms with Crippen molar-refractivity contribution in [2.75, 3.05) is 13.2 Å². The summed E-state index contributed by atoms with van der Waals surface area (Å²) in [6, 6.07) is 0. The van der Waals surface area contributed by atoms with E-state index in [0.29, 0.717) is 0 Å². The summed E-state index contributed by atoms with van der Waals surface area (Å²) in [5.41, 5.74) is 0. The first kappa shape index (κ1) is 14.0. The van der Waals surface area contributed by atoms with Crippen LogP contribution in [0, 0.1) is 5.92 Å². The first-order valence-electron chi connectivity index (χ1n) is 6.42. The molecular weight excluding hydrogens is 172 g/mol. The number of rotatable bonds is 10. The van der Waals surface area contributed by atoms with Gasteiger partial charge in [-0.05, 0) is 19.3 Å². The Morgan fingerprint density at radius 3 is 2.21 bits per heavy atom. The molecule has 0 radical (unpaired) electrons. The molecule has 0 rings (SSSR count). The highest BCUT2D eigenvalue weighted by Crippen LogP contribution is 2.19. The Kier molecular flexibility index (Phi) is 11.0. The van der Waals surface area contributed by atoms with Gasteiger partial charge in [0, 0.05) is 13.2 Å². The first-order chi connectivity index (χ1) is 6.85. The zero-order chi connectivity index (χ0) is 10.6. The largest absolute Gasteiger partial charge is 0.382 e. The molecule has 86 valence electrons. The van der Waals surface area contributed by atoms with Crippen molar-refractivity contribution < 1.29 is 4.74 Å². The molecule has 14 heavy (non-hydrogen) atoms. The molecule has 0 heterocycles. The van der Waals surface area contributed by atoms with Crippen molar-refractivity contribution in [3.63, 3.8) is 0 Å².